The van der Waals surface area contributed by atoms with Gasteiger partial charge in [-0.15, -0.1) is 0 Å². The molecule has 2 aliphatic rings. The molecule has 0 heterocycles. The van der Waals surface area contributed by atoms with E-state index >= 15 is 0 Å². The molecular weight excluding hydrogens is 1470 g/mol. The van der Waals surface area contributed by atoms with E-state index in [1.54, 1.807) is 0 Å². The summed E-state index contributed by atoms with van der Waals surface area (Å²) in [5.41, 5.74) is 7.78. The van der Waals surface area contributed by atoms with Gasteiger partial charge in [0.25, 0.3) is 0 Å². The molecule has 624 valence electrons. The molecule has 2 saturated carbocycles. The van der Waals surface area contributed by atoms with Gasteiger partial charge in [-0.05, 0) is 113 Å². The summed E-state index contributed by atoms with van der Waals surface area (Å²) in [4.78, 5) is 20.7. The molecule has 4 N–H and O–H groups in total. The number of hydrogen-bond acceptors (Lipinski definition) is 8. The average Bonchev–Trinajstić information content (AvgIpc) is 0.797. The van der Waals surface area contributed by atoms with Gasteiger partial charge in [0, 0.05) is 86.2 Å². The molecule has 4 unspecified atom stereocenters. The summed E-state index contributed by atoms with van der Waals surface area (Å²) in [6.07, 6.45) is 30.1. The molecule has 4 aromatic carbocycles. The van der Waals surface area contributed by atoms with Crippen molar-refractivity contribution in [3.05, 3.63) is 136 Å². The average molecular weight is 1630 g/mol. The van der Waals surface area contributed by atoms with Gasteiger partial charge in [-0.2, -0.15) is 0 Å². The minimum absolute atomic E-state index is 0. The fourth-order valence-corrected chi connectivity index (χ4v) is 22.8. The molecule has 9 nitrogen and oxygen atoms in total. The van der Waals surface area contributed by atoms with Gasteiger partial charge in [0.1, 0.15) is 23.0 Å². The topological polar surface area (TPSA) is 130 Å². The molecule has 108 heavy (non-hydrogen) atoms. The summed E-state index contributed by atoms with van der Waals surface area (Å²) in [6, 6.07) is 21.8. The van der Waals surface area contributed by atoms with Gasteiger partial charge in [-0.25, -0.2) is 0 Å². The molecule has 0 amide bonds. The Morgan fingerprint density at radius 3 is 0.787 bits per heavy atom. The number of benzene rings is 4. The summed E-state index contributed by atoms with van der Waals surface area (Å²) < 4.78 is 1.30. The number of aromatic hydroxyl groups is 4. The zero-order chi connectivity index (χ0) is 75.7. The molecule has 0 saturated heterocycles. The van der Waals surface area contributed by atoms with E-state index in [0.717, 1.165) is 95.9 Å². The van der Waals surface area contributed by atoms with E-state index in [1.807, 2.05) is 24.9 Å². The summed E-state index contributed by atoms with van der Waals surface area (Å²) >= 11 is 0. The third-order valence-electron chi connectivity index (χ3n) is 22.7. The SMILES string of the molecule is CCCC[N+](CCCC)(CCCC)CCC[Si](C)(C)c1cc(C=NC2CCCCC2N=Cc2cc([Si](C)(C)CCCC)cc(C(C)(C)C)c2O)c(O)c(C(C)(C)C)c1.CCCC[Si](C)(C)c1cc(C=NC2CCCCC2N=Cc2cc(C(C)(C)C)cc(C(C)(C)C)c2O)c(O)c(C(C)(C)C)c1.[CH3-].[CH3-].[CH3-].[CH3-].[CH3-].[Co].[Co]. The number of phenolic OH excluding ortho intramolecular Hbond substituents is 4. The normalized spacial score (nSPS) is 17.0. The Morgan fingerprint density at radius 2 is 0.556 bits per heavy atom. The molecule has 2 aliphatic carbocycles. The first-order valence-electron chi connectivity index (χ1n) is 40.4. The second kappa shape index (κ2) is 46.7. The predicted molar refractivity (Wildman–Crippen MR) is 485 cm³/mol. The van der Waals surface area contributed by atoms with Crippen molar-refractivity contribution in [3.8, 4) is 23.0 Å². The smallest absolute Gasteiger partial charge is 0.128 e. The maximum Gasteiger partial charge on any atom is 0.128 e. The molecular formula is C94H165Co2N5O4Si3-4. The van der Waals surface area contributed by atoms with Crippen molar-refractivity contribution in [1.82, 2.24) is 0 Å². The molecule has 14 heteroatoms. The standard InChI is InChI=1S/C51H89N3O2Si2.C38H60N2O2Si.5CH3.2Co/c1-15-19-28-54(29-20-16-2,30-21-17-3)31-25-33-58(13,14)43-35-41(49(56)45(37-43)51(8,9)10)39-53-47-27-24-23-26-46(47)52-38-40-34-42(57(11,12)32-22-18-4)36-44(48(40)55)50(5,6)7;1-13-14-19-43(11,12)29-21-27(35(42)31(23-29)38(8,9)10)25-40-33-18-16-15-17-32(33)39-24-26-20-28(36(2,3)4)22-30(34(26)41)37(5,6)7;;;;;;;/h34-39,46-47H,15-33H2,1-14H3,(H-,52,53,55,56);20-25,32-33,41-42H,13-19H2,1-12H3;5*1H3;;/q;;5*-1;;/p+1. The number of unbranched alkanes of at least 4 members (excludes halogenated alkanes) is 5. The Morgan fingerprint density at radius 1 is 0.333 bits per heavy atom. The number of nitrogens with zero attached hydrogens (tertiary/aromatic N) is 5. The number of rotatable bonds is 30. The van der Waals surface area contributed by atoms with Crippen molar-refractivity contribution in [2.24, 2.45) is 20.0 Å². The molecule has 2 fully saturated rings. The van der Waals surface area contributed by atoms with E-state index in [-0.39, 0.29) is 122 Å². The molecule has 2 radical (unpaired) electrons. The fourth-order valence-electron chi connectivity index (χ4n) is 15.2. The van der Waals surface area contributed by atoms with E-state index in [9.17, 15) is 20.4 Å². The van der Waals surface area contributed by atoms with Crippen molar-refractivity contribution in [1.29, 1.82) is 0 Å². The number of phenols is 4. The molecule has 6 rings (SSSR count). The second-order valence-electron chi connectivity index (χ2n) is 38.3. The summed E-state index contributed by atoms with van der Waals surface area (Å²) in [6.45, 7) is 64.6. The summed E-state index contributed by atoms with van der Waals surface area (Å²) in [5, 5.41) is 50.4. The third kappa shape index (κ3) is 31.3. The summed E-state index contributed by atoms with van der Waals surface area (Å²) in [7, 11) is -5.19. The van der Waals surface area contributed by atoms with Crippen LogP contribution in [0.2, 0.25) is 57.4 Å². The van der Waals surface area contributed by atoms with Crippen molar-refractivity contribution in [2.45, 2.75) is 369 Å². The van der Waals surface area contributed by atoms with Gasteiger partial charge in [0.05, 0.1) is 74.6 Å². The fraction of sp³-hybridized carbons (Fsp3) is 0.649. The first-order chi connectivity index (χ1) is 46.9. The van der Waals surface area contributed by atoms with Crippen LogP contribution in [0.4, 0.5) is 0 Å². The van der Waals surface area contributed by atoms with Gasteiger partial charge >= 0.3 is 0 Å². The minimum Gasteiger partial charge on any atom is -0.507 e. The van der Waals surface area contributed by atoms with Crippen LogP contribution < -0.4 is 15.6 Å². The molecule has 4 aromatic rings. The van der Waals surface area contributed by atoms with Crippen LogP contribution >= 0.6 is 0 Å². The van der Waals surface area contributed by atoms with E-state index in [0.29, 0.717) is 23.0 Å². The third-order valence-corrected chi connectivity index (χ3v) is 33.1. The maximum atomic E-state index is 11.8. The van der Waals surface area contributed by atoms with Crippen LogP contribution in [0.5, 0.6) is 23.0 Å². The predicted octanol–water partition coefficient (Wildman–Crippen LogP) is 24.6. The van der Waals surface area contributed by atoms with Crippen LogP contribution in [0.3, 0.4) is 0 Å². The van der Waals surface area contributed by atoms with Crippen LogP contribution in [-0.2, 0) is 60.6 Å². The number of hydrogen-bond donors (Lipinski definition) is 4. The van der Waals surface area contributed by atoms with E-state index in [4.69, 9.17) is 20.0 Å². The van der Waals surface area contributed by atoms with Crippen molar-refractivity contribution in [3.63, 3.8) is 0 Å². The number of quaternary nitrogens is 1. The molecule has 0 aliphatic heterocycles. The Bertz CT molecular complexity index is 3390. The Balaban J connectivity index is -0.00000199. The van der Waals surface area contributed by atoms with Gasteiger partial charge in [0.2, 0.25) is 0 Å². The van der Waals surface area contributed by atoms with Gasteiger partial charge in [0.15, 0.2) is 0 Å². The van der Waals surface area contributed by atoms with E-state index in [2.05, 4.69) is 226 Å². The zero-order valence-corrected chi connectivity index (χ0v) is 80.4. The van der Waals surface area contributed by atoms with Crippen molar-refractivity contribution in [2.75, 3.05) is 26.2 Å². The molecule has 0 bridgehead atoms. The Kier molecular flexibility index (Phi) is 46.9. The zero-order valence-electron chi connectivity index (χ0n) is 75.3. The largest absolute Gasteiger partial charge is 0.507 e. The first-order valence-corrected chi connectivity index (χ1v) is 50.0. The monoisotopic (exact) mass is 1630 g/mol. The van der Waals surface area contributed by atoms with Crippen LogP contribution in [0.15, 0.2) is 68.5 Å². The quantitative estimate of drug-likeness (QED) is 0.0179. The number of aliphatic imine (C=N–C) groups is 4. The maximum absolute atomic E-state index is 11.8. The molecule has 4 atom stereocenters. The Hall–Kier alpha value is -3.62. The Labute approximate surface area is 692 Å². The van der Waals surface area contributed by atoms with Gasteiger partial charge in [-0.1, -0.05) is 318 Å². The van der Waals surface area contributed by atoms with Crippen LogP contribution in [-0.4, -0.2) is 124 Å². The van der Waals surface area contributed by atoms with Crippen LogP contribution in [0.1, 0.15) is 311 Å². The second-order valence-corrected chi connectivity index (χ2v) is 52.8. The van der Waals surface area contributed by atoms with Crippen molar-refractivity contribution >= 4 is 64.6 Å². The summed E-state index contributed by atoms with van der Waals surface area (Å²) in [5.74, 6) is 1.43. The van der Waals surface area contributed by atoms with E-state index in [1.165, 1.54) is 141 Å². The molecule has 0 aromatic heterocycles. The van der Waals surface area contributed by atoms with Gasteiger partial charge in [-0.3, -0.25) is 20.0 Å². The van der Waals surface area contributed by atoms with Gasteiger partial charge < -0.3 is 62.0 Å². The minimum atomic E-state index is -1.85. The van der Waals surface area contributed by atoms with E-state index < -0.39 is 24.2 Å². The molecule has 0 spiro atoms. The van der Waals surface area contributed by atoms with Crippen molar-refractivity contribution < 1.29 is 58.5 Å². The first kappa shape index (κ1) is 109. The van der Waals surface area contributed by atoms with Crippen LogP contribution in [0, 0.1) is 37.1 Å². The van der Waals surface area contributed by atoms with Crippen LogP contribution in [0.25, 0.3) is 0 Å².